The van der Waals surface area contributed by atoms with Gasteiger partial charge in [0, 0.05) is 6.42 Å². The van der Waals surface area contributed by atoms with Crippen molar-refractivity contribution in [2.24, 2.45) is 0 Å². The number of aliphatic hydroxyl groups excluding tert-OH is 4. The van der Waals surface area contributed by atoms with Crippen molar-refractivity contribution in [3.63, 3.8) is 0 Å². The number of allylic oxidation sites excluding steroid dienone is 2. The van der Waals surface area contributed by atoms with Gasteiger partial charge in [0.2, 0.25) is 0 Å². The van der Waals surface area contributed by atoms with Crippen LogP contribution in [0.3, 0.4) is 0 Å². The third-order valence-electron chi connectivity index (χ3n) is 5.53. The quantitative estimate of drug-likeness (QED) is 0.0799. The molecule has 3 atom stereocenters. The van der Waals surface area contributed by atoms with Crippen molar-refractivity contribution in [1.82, 2.24) is 0 Å². The summed E-state index contributed by atoms with van der Waals surface area (Å²) in [6, 6.07) is 0. The molecule has 0 aliphatic carbocycles. The predicted molar refractivity (Wildman–Crippen MR) is 137 cm³/mol. The monoisotopic (exact) mass is 504 g/mol. The molecule has 0 unspecified atom stereocenters. The van der Waals surface area contributed by atoms with Crippen LogP contribution in [0.1, 0.15) is 96.8 Å². The molecule has 0 amide bonds. The van der Waals surface area contributed by atoms with Crippen LogP contribution in [0, 0.1) is 0 Å². The zero-order chi connectivity index (χ0) is 26.0. The van der Waals surface area contributed by atoms with Crippen molar-refractivity contribution in [2.45, 2.75) is 115 Å². The molecular weight excluding hydrogens is 452 g/mol. The highest BCUT2D eigenvalue weighted by Crippen LogP contribution is 2.10. The molecule has 0 fully saturated rings. The lowest BCUT2D eigenvalue weighted by Gasteiger charge is -2.15. The highest BCUT2D eigenvalue weighted by atomic mass is 16.6. The van der Waals surface area contributed by atoms with Gasteiger partial charge in [-0.25, -0.2) is 0 Å². The van der Waals surface area contributed by atoms with E-state index < -0.39 is 24.9 Å². The second-order valence-corrected chi connectivity index (χ2v) is 9.24. The van der Waals surface area contributed by atoms with Crippen molar-refractivity contribution in [3.8, 4) is 0 Å². The van der Waals surface area contributed by atoms with Crippen molar-refractivity contribution in [3.05, 3.63) is 12.2 Å². The molecule has 0 aliphatic rings. The molecule has 0 saturated carbocycles. The van der Waals surface area contributed by atoms with Gasteiger partial charge in [-0.3, -0.25) is 4.79 Å². The average Bonchev–Trinajstić information content (AvgIpc) is 2.85. The topological polar surface area (TPSA) is 126 Å². The predicted octanol–water partition coefficient (Wildman–Crippen LogP) is 3.68. The molecule has 35 heavy (non-hydrogen) atoms. The summed E-state index contributed by atoms with van der Waals surface area (Å²) in [5, 5.41) is 37.3. The summed E-state index contributed by atoms with van der Waals surface area (Å²) in [5.41, 5.74) is 0. The summed E-state index contributed by atoms with van der Waals surface area (Å²) >= 11 is 0. The van der Waals surface area contributed by atoms with Gasteiger partial charge in [-0.05, 0) is 32.1 Å². The number of carbonyl (C=O) groups excluding carboxylic acids is 1. The minimum absolute atomic E-state index is 0.0574. The van der Waals surface area contributed by atoms with Crippen molar-refractivity contribution < 1.29 is 39.4 Å². The Labute approximate surface area is 212 Å². The third-order valence-corrected chi connectivity index (χ3v) is 5.53. The van der Waals surface area contributed by atoms with Crippen LogP contribution in [0.5, 0.6) is 0 Å². The molecule has 0 aromatic carbocycles. The minimum atomic E-state index is -0.980. The molecule has 0 rings (SSSR count). The lowest BCUT2D eigenvalue weighted by molar-refractivity contribution is -0.148. The summed E-state index contributed by atoms with van der Waals surface area (Å²) in [6.07, 6.45) is 17.8. The standard InChI is InChI=1S/C27H52O8/c1-2-3-4-5-6-7-8-9-10-11-12-13-14-15-16-17-27(32)35-23-26(31)22-34-21-25(30)20-33-19-24(29)18-28/h9-10,24-26,28-31H,2-8,11-23H2,1H3/b10-9-/t24-,25-,26+/m0/s1. The first-order valence-electron chi connectivity index (χ1n) is 13.6. The summed E-state index contributed by atoms with van der Waals surface area (Å²) in [5.74, 6) is -0.322. The Kier molecular flexibility index (Phi) is 25.3. The van der Waals surface area contributed by atoms with Crippen LogP contribution in [0.25, 0.3) is 0 Å². The van der Waals surface area contributed by atoms with Gasteiger partial charge in [-0.2, -0.15) is 0 Å². The fourth-order valence-electron chi connectivity index (χ4n) is 3.43. The summed E-state index contributed by atoms with van der Waals surface area (Å²) in [7, 11) is 0. The molecule has 0 saturated heterocycles. The van der Waals surface area contributed by atoms with Gasteiger partial charge in [0.25, 0.3) is 0 Å². The van der Waals surface area contributed by atoms with Gasteiger partial charge in [0.05, 0.1) is 33.0 Å². The van der Waals surface area contributed by atoms with E-state index in [1.54, 1.807) is 0 Å². The average molecular weight is 505 g/mol. The number of carbonyl (C=O) groups is 1. The number of hydrogen-bond acceptors (Lipinski definition) is 8. The summed E-state index contributed by atoms with van der Waals surface area (Å²) in [4.78, 5) is 11.8. The number of hydrogen-bond donors (Lipinski definition) is 4. The molecule has 0 heterocycles. The third kappa shape index (κ3) is 25.9. The minimum Gasteiger partial charge on any atom is -0.463 e. The SMILES string of the molecule is CCCCCCCC/C=C\CCCCCCCC(=O)OC[C@H](O)COC[C@@H](O)COC[C@@H](O)CO. The van der Waals surface area contributed by atoms with E-state index in [2.05, 4.69) is 19.1 Å². The van der Waals surface area contributed by atoms with Crippen LogP contribution in [0.2, 0.25) is 0 Å². The Hall–Kier alpha value is -1.03. The molecule has 0 spiro atoms. The number of aliphatic hydroxyl groups is 4. The van der Waals surface area contributed by atoms with Crippen LogP contribution in [-0.4, -0.2) is 84.3 Å². The zero-order valence-corrected chi connectivity index (χ0v) is 22.0. The number of rotatable bonds is 26. The Balaban J connectivity index is 3.45. The lowest BCUT2D eigenvalue weighted by atomic mass is 10.1. The van der Waals surface area contributed by atoms with Crippen molar-refractivity contribution in [1.29, 1.82) is 0 Å². The van der Waals surface area contributed by atoms with E-state index in [1.165, 1.54) is 57.8 Å². The Bertz CT molecular complexity index is 486. The van der Waals surface area contributed by atoms with E-state index in [1.807, 2.05) is 0 Å². The fourth-order valence-corrected chi connectivity index (χ4v) is 3.43. The van der Waals surface area contributed by atoms with Gasteiger partial charge in [0.15, 0.2) is 0 Å². The van der Waals surface area contributed by atoms with Gasteiger partial charge in [0.1, 0.15) is 24.9 Å². The molecular formula is C27H52O8. The Morgan fingerprint density at radius 2 is 1.11 bits per heavy atom. The maximum absolute atomic E-state index is 11.8. The Morgan fingerprint density at radius 3 is 1.66 bits per heavy atom. The van der Waals surface area contributed by atoms with Gasteiger partial charge in [-0.1, -0.05) is 70.4 Å². The molecule has 0 aromatic heterocycles. The second kappa shape index (κ2) is 26.0. The highest BCUT2D eigenvalue weighted by Gasteiger charge is 2.12. The lowest BCUT2D eigenvalue weighted by Crippen LogP contribution is -2.29. The maximum Gasteiger partial charge on any atom is 0.305 e. The van der Waals surface area contributed by atoms with Gasteiger partial charge >= 0.3 is 5.97 Å². The molecule has 8 heteroatoms. The maximum atomic E-state index is 11.8. The number of unbranched alkanes of at least 4 members (excludes halogenated alkanes) is 11. The smallest absolute Gasteiger partial charge is 0.305 e. The van der Waals surface area contributed by atoms with E-state index in [0.717, 1.165) is 25.7 Å². The summed E-state index contributed by atoms with van der Waals surface area (Å²) in [6.45, 7) is 1.43. The van der Waals surface area contributed by atoms with Crippen molar-refractivity contribution >= 4 is 5.97 Å². The van der Waals surface area contributed by atoms with E-state index in [0.29, 0.717) is 6.42 Å². The van der Waals surface area contributed by atoms with Crippen molar-refractivity contribution in [2.75, 3.05) is 39.6 Å². The van der Waals surface area contributed by atoms with Crippen LogP contribution in [-0.2, 0) is 19.0 Å². The molecule has 4 N–H and O–H groups in total. The molecule has 8 nitrogen and oxygen atoms in total. The largest absolute Gasteiger partial charge is 0.463 e. The van der Waals surface area contributed by atoms with E-state index >= 15 is 0 Å². The van der Waals surface area contributed by atoms with Crippen LogP contribution in [0.4, 0.5) is 0 Å². The Morgan fingerprint density at radius 1 is 0.657 bits per heavy atom. The molecule has 0 bridgehead atoms. The number of ether oxygens (including phenoxy) is 3. The van der Waals surface area contributed by atoms with E-state index in [-0.39, 0.29) is 39.0 Å². The normalized spacial score (nSPS) is 14.3. The highest BCUT2D eigenvalue weighted by molar-refractivity contribution is 5.69. The number of esters is 1. The fraction of sp³-hybridized carbons (Fsp3) is 0.889. The summed E-state index contributed by atoms with van der Waals surface area (Å²) < 4.78 is 15.3. The zero-order valence-electron chi connectivity index (χ0n) is 22.0. The first-order valence-corrected chi connectivity index (χ1v) is 13.6. The van der Waals surface area contributed by atoms with Crippen LogP contribution >= 0.6 is 0 Å². The molecule has 0 aliphatic heterocycles. The molecule has 0 radical (unpaired) electrons. The first kappa shape index (κ1) is 34.0. The van der Waals surface area contributed by atoms with Crippen LogP contribution < -0.4 is 0 Å². The van der Waals surface area contributed by atoms with E-state index in [9.17, 15) is 15.0 Å². The van der Waals surface area contributed by atoms with Gasteiger partial charge in [-0.15, -0.1) is 0 Å². The molecule has 0 aromatic rings. The van der Waals surface area contributed by atoms with E-state index in [4.69, 9.17) is 24.4 Å². The van der Waals surface area contributed by atoms with Gasteiger partial charge < -0.3 is 34.6 Å². The first-order chi connectivity index (χ1) is 17.0. The molecule has 208 valence electrons. The van der Waals surface area contributed by atoms with Crippen LogP contribution in [0.15, 0.2) is 12.2 Å². The second-order valence-electron chi connectivity index (χ2n) is 9.24.